The van der Waals surface area contributed by atoms with Crippen molar-refractivity contribution in [1.29, 1.82) is 0 Å². The zero-order valence-corrected chi connectivity index (χ0v) is 10.2. The van der Waals surface area contributed by atoms with Gasteiger partial charge in [-0.05, 0) is 6.42 Å². The van der Waals surface area contributed by atoms with Gasteiger partial charge in [-0.15, -0.1) is 0 Å². The van der Waals surface area contributed by atoms with E-state index in [0.717, 1.165) is 25.5 Å². The van der Waals surface area contributed by atoms with Crippen LogP contribution in [0.5, 0.6) is 5.88 Å². The standard InChI is InChI=1S/C11H17N5O/c1-16-7-3-5-13-11(16)14-8-9-12-6-4-10(15-9)17-2/h4,6H,3,5,7-8H2,1-2H3,(H,13,14). The summed E-state index contributed by atoms with van der Waals surface area (Å²) in [6, 6.07) is 1.73. The lowest BCUT2D eigenvalue weighted by atomic mass is 10.3. The highest BCUT2D eigenvalue weighted by Gasteiger charge is 2.10. The molecule has 1 N–H and O–H groups in total. The van der Waals surface area contributed by atoms with Crippen molar-refractivity contribution in [1.82, 2.24) is 20.2 Å². The Hall–Kier alpha value is -1.85. The topological polar surface area (TPSA) is 62.6 Å². The molecule has 0 saturated heterocycles. The lowest BCUT2D eigenvalue weighted by Gasteiger charge is -2.25. The van der Waals surface area contributed by atoms with Crippen LogP contribution in [0.4, 0.5) is 0 Å². The summed E-state index contributed by atoms with van der Waals surface area (Å²) in [5, 5.41) is 3.23. The summed E-state index contributed by atoms with van der Waals surface area (Å²) in [6.45, 7) is 2.47. The summed E-state index contributed by atoms with van der Waals surface area (Å²) >= 11 is 0. The van der Waals surface area contributed by atoms with Crippen LogP contribution < -0.4 is 10.1 Å². The normalized spacial score (nSPS) is 15.4. The van der Waals surface area contributed by atoms with E-state index in [1.54, 1.807) is 19.4 Å². The number of hydrogen-bond acceptors (Lipinski definition) is 6. The third-order valence-corrected chi connectivity index (χ3v) is 2.57. The van der Waals surface area contributed by atoms with Gasteiger partial charge in [0, 0.05) is 32.4 Å². The first-order valence-corrected chi connectivity index (χ1v) is 5.65. The molecule has 0 saturated carbocycles. The fourth-order valence-electron chi connectivity index (χ4n) is 1.65. The van der Waals surface area contributed by atoms with Crippen molar-refractivity contribution in [2.75, 3.05) is 27.2 Å². The van der Waals surface area contributed by atoms with Crippen molar-refractivity contribution in [3.05, 3.63) is 18.1 Å². The number of rotatable bonds is 3. The first-order chi connectivity index (χ1) is 8.29. The van der Waals surface area contributed by atoms with Crippen molar-refractivity contribution < 1.29 is 4.74 Å². The molecule has 2 heterocycles. The van der Waals surface area contributed by atoms with E-state index in [-0.39, 0.29) is 0 Å². The third kappa shape index (κ3) is 3.05. The monoisotopic (exact) mass is 235 g/mol. The molecule has 0 unspecified atom stereocenters. The summed E-state index contributed by atoms with van der Waals surface area (Å²) in [7, 11) is 3.62. The second-order valence-electron chi connectivity index (χ2n) is 3.85. The molecule has 1 aliphatic heterocycles. The maximum absolute atomic E-state index is 5.05. The average molecular weight is 235 g/mol. The number of nitrogens with one attached hydrogen (secondary N) is 1. The highest BCUT2D eigenvalue weighted by molar-refractivity contribution is 5.80. The minimum absolute atomic E-state index is 0.556. The van der Waals surface area contributed by atoms with E-state index >= 15 is 0 Å². The fourth-order valence-corrected chi connectivity index (χ4v) is 1.65. The zero-order chi connectivity index (χ0) is 12.1. The second kappa shape index (κ2) is 5.47. The molecule has 0 radical (unpaired) electrons. The Morgan fingerprint density at radius 1 is 1.53 bits per heavy atom. The molecule has 0 bridgehead atoms. The van der Waals surface area contributed by atoms with Crippen molar-refractivity contribution in [3.8, 4) is 5.88 Å². The van der Waals surface area contributed by atoms with Crippen LogP contribution in [0, 0.1) is 0 Å². The van der Waals surface area contributed by atoms with Crippen molar-refractivity contribution in [2.45, 2.75) is 13.0 Å². The van der Waals surface area contributed by atoms with E-state index in [4.69, 9.17) is 4.74 Å². The number of nitrogens with zero attached hydrogens (tertiary/aromatic N) is 4. The molecule has 6 heteroatoms. The van der Waals surface area contributed by atoms with Crippen molar-refractivity contribution in [2.24, 2.45) is 4.99 Å². The van der Waals surface area contributed by atoms with Gasteiger partial charge >= 0.3 is 0 Å². The van der Waals surface area contributed by atoms with Crippen LogP contribution in [0.25, 0.3) is 0 Å². The van der Waals surface area contributed by atoms with Gasteiger partial charge in [0.15, 0.2) is 11.8 Å². The van der Waals surface area contributed by atoms with Gasteiger partial charge in [0.1, 0.15) is 0 Å². The second-order valence-corrected chi connectivity index (χ2v) is 3.85. The molecular formula is C11H17N5O. The molecular weight excluding hydrogens is 218 g/mol. The Balaban J connectivity index is 1.95. The predicted octanol–water partition coefficient (Wildman–Crippen LogP) is 0.266. The highest BCUT2D eigenvalue weighted by atomic mass is 16.5. The molecule has 1 aromatic heterocycles. The maximum Gasteiger partial charge on any atom is 0.216 e. The first-order valence-electron chi connectivity index (χ1n) is 5.65. The summed E-state index contributed by atoms with van der Waals surface area (Å²) in [5.74, 6) is 2.18. The lowest BCUT2D eigenvalue weighted by Crippen LogP contribution is -2.42. The van der Waals surface area contributed by atoms with Crippen LogP contribution in [0.15, 0.2) is 17.3 Å². The molecule has 0 spiro atoms. The van der Waals surface area contributed by atoms with Crippen molar-refractivity contribution in [3.63, 3.8) is 0 Å². The van der Waals surface area contributed by atoms with Crippen molar-refractivity contribution >= 4 is 5.96 Å². The first kappa shape index (κ1) is 11.6. The molecule has 0 aromatic carbocycles. The maximum atomic E-state index is 5.05. The Kier molecular flexibility index (Phi) is 3.74. The van der Waals surface area contributed by atoms with Crippen LogP contribution in [0.3, 0.4) is 0 Å². The summed E-state index contributed by atoms with van der Waals surface area (Å²) in [5.41, 5.74) is 0. The minimum Gasteiger partial charge on any atom is -0.481 e. The molecule has 0 amide bonds. The van der Waals surface area contributed by atoms with Crippen LogP contribution in [-0.2, 0) is 6.54 Å². The SMILES string of the molecule is COc1ccnc(CNC2=NCCCN2C)n1. The Labute approximate surface area is 101 Å². The Bertz CT molecular complexity index is 407. The number of ether oxygens (including phenoxy) is 1. The summed E-state index contributed by atoms with van der Waals surface area (Å²) in [4.78, 5) is 14.9. The van der Waals surface area contributed by atoms with Crippen LogP contribution >= 0.6 is 0 Å². The molecule has 0 fully saturated rings. The molecule has 0 aliphatic carbocycles. The predicted molar refractivity (Wildman–Crippen MR) is 65.0 cm³/mol. The quantitative estimate of drug-likeness (QED) is 0.814. The van der Waals surface area contributed by atoms with E-state index in [0.29, 0.717) is 18.2 Å². The third-order valence-electron chi connectivity index (χ3n) is 2.57. The molecule has 92 valence electrons. The number of aromatic nitrogens is 2. The average Bonchev–Trinajstić information content (AvgIpc) is 2.38. The molecule has 1 aliphatic rings. The largest absolute Gasteiger partial charge is 0.481 e. The minimum atomic E-state index is 0.556. The van der Waals surface area contributed by atoms with E-state index in [9.17, 15) is 0 Å². The fraction of sp³-hybridized carbons (Fsp3) is 0.545. The van der Waals surface area contributed by atoms with Crippen LogP contribution in [-0.4, -0.2) is 48.1 Å². The van der Waals surface area contributed by atoms with Gasteiger partial charge in [0.05, 0.1) is 13.7 Å². The van der Waals surface area contributed by atoms with Gasteiger partial charge in [-0.2, -0.15) is 4.98 Å². The molecule has 2 rings (SSSR count). The van der Waals surface area contributed by atoms with Crippen LogP contribution in [0.1, 0.15) is 12.2 Å². The zero-order valence-electron chi connectivity index (χ0n) is 10.2. The number of guanidine groups is 1. The number of hydrogen-bond donors (Lipinski definition) is 1. The van der Waals surface area contributed by atoms with Gasteiger partial charge in [-0.1, -0.05) is 0 Å². The van der Waals surface area contributed by atoms with E-state index in [2.05, 4.69) is 25.2 Å². The van der Waals surface area contributed by atoms with Gasteiger partial charge in [-0.3, -0.25) is 4.99 Å². The van der Waals surface area contributed by atoms with E-state index in [1.165, 1.54) is 0 Å². The van der Waals surface area contributed by atoms with Gasteiger partial charge in [0.25, 0.3) is 0 Å². The van der Waals surface area contributed by atoms with Gasteiger partial charge in [0.2, 0.25) is 5.88 Å². The van der Waals surface area contributed by atoms with Gasteiger partial charge < -0.3 is 15.0 Å². The van der Waals surface area contributed by atoms with E-state index < -0.39 is 0 Å². The molecule has 6 nitrogen and oxygen atoms in total. The number of methoxy groups -OCH3 is 1. The molecule has 1 aromatic rings. The molecule has 17 heavy (non-hydrogen) atoms. The lowest BCUT2D eigenvalue weighted by molar-refractivity contribution is 0.394. The van der Waals surface area contributed by atoms with Crippen LogP contribution in [0.2, 0.25) is 0 Å². The Morgan fingerprint density at radius 3 is 3.18 bits per heavy atom. The molecule has 0 atom stereocenters. The summed E-state index contributed by atoms with van der Waals surface area (Å²) < 4.78 is 5.05. The Morgan fingerprint density at radius 2 is 2.41 bits per heavy atom. The van der Waals surface area contributed by atoms with E-state index in [1.807, 2.05) is 7.05 Å². The highest BCUT2D eigenvalue weighted by Crippen LogP contribution is 2.04. The smallest absolute Gasteiger partial charge is 0.216 e. The summed E-state index contributed by atoms with van der Waals surface area (Å²) in [6.07, 6.45) is 2.80. The van der Waals surface area contributed by atoms with Gasteiger partial charge in [-0.25, -0.2) is 4.98 Å². The number of aliphatic imine (C=N–C) groups is 1.